The van der Waals surface area contributed by atoms with Crippen LogP contribution in [0.2, 0.25) is 0 Å². The summed E-state index contributed by atoms with van der Waals surface area (Å²) < 4.78 is 0. The van der Waals surface area contributed by atoms with E-state index in [1.165, 1.54) is 15.6 Å². The van der Waals surface area contributed by atoms with E-state index < -0.39 is 0 Å². The van der Waals surface area contributed by atoms with Crippen molar-refractivity contribution < 1.29 is 0 Å². The highest BCUT2D eigenvalue weighted by Gasteiger charge is 2.17. The SMILES string of the molecule is C.Cc1nc2c(s1)CNC(C)C2. The first-order chi connectivity index (χ1) is 5.25. The van der Waals surface area contributed by atoms with E-state index in [0.29, 0.717) is 6.04 Å². The van der Waals surface area contributed by atoms with Gasteiger partial charge in [-0.1, -0.05) is 7.43 Å². The molecule has 2 heterocycles. The first-order valence-corrected chi connectivity index (χ1v) is 4.76. The summed E-state index contributed by atoms with van der Waals surface area (Å²) in [6.07, 6.45) is 1.10. The molecule has 0 aromatic carbocycles. The van der Waals surface area contributed by atoms with Crippen LogP contribution >= 0.6 is 11.3 Å². The molecular formula is C9H16N2S. The summed E-state index contributed by atoms with van der Waals surface area (Å²) in [5.41, 5.74) is 1.32. The minimum atomic E-state index is 0. The number of aryl methyl sites for hydroxylation is 1. The van der Waals surface area contributed by atoms with Crippen LogP contribution in [0.4, 0.5) is 0 Å². The van der Waals surface area contributed by atoms with Crippen molar-refractivity contribution in [3.8, 4) is 0 Å². The van der Waals surface area contributed by atoms with Gasteiger partial charge in [0.05, 0.1) is 10.7 Å². The quantitative estimate of drug-likeness (QED) is 0.668. The maximum absolute atomic E-state index is 4.48. The van der Waals surface area contributed by atoms with Crippen LogP contribution in [0.3, 0.4) is 0 Å². The molecule has 1 aliphatic rings. The van der Waals surface area contributed by atoms with Gasteiger partial charge in [0, 0.05) is 23.9 Å². The number of thiazole rings is 1. The minimum Gasteiger partial charge on any atom is -0.309 e. The van der Waals surface area contributed by atoms with Crippen molar-refractivity contribution in [1.82, 2.24) is 10.3 Å². The predicted octanol–water partition coefficient (Wildman–Crippen LogP) is 2.12. The van der Waals surface area contributed by atoms with Crippen molar-refractivity contribution in [2.75, 3.05) is 0 Å². The summed E-state index contributed by atoms with van der Waals surface area (Å²) in [4.78, 5) is 5.91. The Morgan fingerprint density at radius 3 is 3.08 bits per heavy atom. The molecule has 2 rings (SSSR count). The van der Waals surface area contributed by atoms with Gasteiger partial charge < -0.3 is 5.32 Å². The zero-order valence-corrected chi connectivity index (χ0v) is 7.66. The Labute approximate surface area is 78.0 Å². The standard InChI is InChI=1S/C8H12N2S.CH4/c1-5-3-7-8(4-9-5)11-6(2)10-7;/h5,9H,3-4H2,1-2H3;1H4. The summed E-state index contributed by atoms with van der Waals surface area (Å²) in [6, 6.07) is 0.601. The molecular weight excluding hydrogens is 168 g/mol. The van der Waals surface area contributed by atoms with Crippen molar-refractivity contribution in [3.63, 3.8) is 0 Å². The van der Waals surface area contributed by atoms with E-state index in [2.05, 4.69) is 24.1 Å². The van der Waals surface area contributed by atoms with Crippen LogP contribution in [0.1, 0.15) is 29.9 Å². The van der Waals surface area contributed by atoms with Gasteiger partial charge in [-0.15, -0.1) is 11.3 Å². The number of hydrogen-bond acceptors (Lipinski definition) is 3. The summed E-state index contributed by atoms with van der Waals surface area (Å²) in [6.45, 7) is 5.30. The van der Waals surface area contributed by atoms with Crippen molar-refractivity contribution in [2.24, 2.45) is 0 Å². The van der Waals surface area contributed by atoms with E-state index in [4.69, 9.17) is 0 Å². The van der Waals surface area contributed by atoms with E-state index in [-0.39, 0.29) is 7.43 Å². The van der Waals surface area contributed by atoms with Crippen molar-refractivity contribution in [1.29, 1.82) is 0 Å². The zero-order chi connectivity index (χ0) is 7.84. The third-order valence-electron chi connectivity index (χ3n) is 2.00. The van der Waals surface area contributed by atoms with Crippen LogP contribution in [0.5, 0.6) is 0 Å². The fourth-order valence-electron chi connectivity index (χ4n) is 1.44. The Morgan fingerprint density at radius 1 is 1.58 bits per heavy atom. The second-order valence-corrected chi connectivity index (χ2v) is 4.38. The molecule has 1 unspecified atom stereocenters. The largest absolute Gasteiger partial charge is 0.309 e. The highest BCUT2D eigenvalue weighted by atomic mass is 32.1. The lowest BCUT2D eigenvalue weighted by Crippen LogP contribution is -2.32. The molecule has 0 bridgehead atoms. The lowest BCUT2D eigenvalue weighted by atomic mass is 10.1. The lowest BCUT2D eigenvalue weighted by molar-refractivity contribution is 0.512. The monoisotopic (exact) mass is 184 g/mol. The molecule has 2 nitrogen and oxygen atoms in total. The van der Waals surface area contributed by atoms with Gasteiger partial charge in [-0.2, -0.15) is 0 Å². The smallest absolute Gasteiger partial charge is 0.0900 e. The summed E-state index contributed by atoms with van der Waals surface area (Å²) in [5.74, 6) is 0. The van der Waals surface area contributed by atoms with E-state index in [9.17, 15) is 0 Å². The zero-order valence-electron chi connectivity index (χ0n) is 6.85. The molecule has 68 valence electrons. The van der Waals surface area contributed by atoms with Gasteiger partial charge in [-0.25, -0.2) is 4.98 Å². The van der Waals surface area contributed by atoms with Gasteiger partial charge in [0.2, 0.25) is 0 Å². The molecule has 0 radical (unpaired) electrons. The second-order valence-electron chi connectivity index (χ2n) is 3.09. The number of aromatic nitrogens is 1. The van der Waals surface area contributed by atoms with Crippen molar-refractivity contribution >= 4 is 11.3 Å². The Bertz CT molecular complexity index is 267. The number of rotatable bonds is 0. The van der Waals surface area contributed by atoms with Crippen molar-refractivity contribution in [3.05, 3.63) is 15.6 Å². The highest BCUT2D eigenvalue weighted by molar-refractivity contribution is 7.11. The molecule has 3 heteroatoms. The molecule has 1 atom stereocenters. The number of fused-ring (bicyclic) bond motifs is 1. The number of nitrogens with one attached hydrogen (secondary N) is 1. The van der Waals surface area contributed by atoms with E-state index >= 15 is 0 Å². The summed E-state index contributed by atoms with van der Waals surface area (Å²) >= 11 is 1.82. The van der Waals surface area contributed by atoms with E-state index in [1.54, 1.807) is 0 Å². The maximum Gasteiger partial charge on any atom is 0.0900 e. The van der Waals surface area contributed by atoms with Crippen LogP contribution < -0.4 is 5.32 Å². The van der Waals surface area contributed by atoms with Crippen LogP contribution in [0, 0.1) is 6.92 Å². The van der Waals surface area contributed by atoms with Crippen LogP contribution in [-0.4, -0.2) is 11.0 Å². The molecule has 0 amide bonds. The van der Waals surface area contributed by atoms with Crippen LogP contribution in [0.15, 0.2) is 0 Å². The highest BCUT2D eigenvalue weighted by Crippen LogP contribution is 2.22. The van der Waals surface area contributed by atoms with E-state index in [0.717, 1.165) is 13.0 Å². The van der Waals surface area contributed by atoms with Crippen LogP contribution in [-0.2, 0) is 13.0 Å². The molecule has 1 N–H and O–H groups in total. The second kappa shape index (κ2) is 3.54. The molecule has 0 spiro atoms. The normalized spacial score (nSPS) is 21.3. The maximum atomic E-state index is 4.48. The fraction of sp³-hybridized carbons (Fsp3) is 0.667. The number of nitrogens with zero attached hydrogens (tertiary/aromatic N) is 1. The Morgan fingerprint density at radius 2 is 2.33 bits per heavy atom. The van der Waals surface area contributed by atoms with Gasteiger partial charge in [0.25, 0.3) is 0 Å². The molecule has 0 saturated carbocycles. The molecule has 1 aliphatic heterocycles. The van der Waals surface area contributed by atoms with Gasteiger partial charge in [0.15, 0.2) is 0 Å². The van der Waals surface area contributed by atoms with Gasteiger partial charge in [-0.05, 0) is 13.8 Å². The Kier molecular flexibility index (Phi) is 2.85. The first kappa shape index (κ1) is 9.68. The van der Waals surface area contributed by atoms with Crippen LogP contribution in [0.25, 0.3) is 0 Å². The Hall–Kier alpha value is -0.410. The predicted molar refractivity (Wildman–Crippen MR) is 53.6 cm³/mol. The fourth-order valence-corrected chi connectivity index (χ4v) is 2.35. The lowest BCUT2D eigenvalue weighted by Gasteiger charge is -2.18. The summed E-state index contributed by atoms with van der Waals surface area (Å²) in [7, 11) is 0. The van der Waals surface area contributed by atoms with Gasteiger partial charge in [-0.3, -0.25) is 0 Å². The van der Waals surface area contributed by atoms with Gasteiger partial charge >= 0.3 is 0 Å². The summed E-state index contributed by atoms with van der Waals surface area (Å²) in [5, 5.41) is 4.62. The molecule has 0 fully saturated rings. The number of hydrogen-bond donors (Lipinski definition) is 1. The molecule has 1 aromatic heterocycles. The molecule has 0 aliphatic carbocycles. The third-order valence-corrected chi connectivity index (χ3v) is 3.01. The third kappa shape index (κ3) is 1.67. The average Bonchev–Trinajstić information content (AvgIpc) is 2.27. The molecule has 0 saturated heterocycles. The first-order valence-electron chi connectivity index (χ1n) is 3.94. The topological polar surface area (TPSA) is 24.9 Å². The average molecular weight is 184 g/mol. The van der Waals surface area contributed by atoms with Gasteiger partial charge in [0.1, 0.15) is 0 Å². The molecule has 12 heavy (non-hydrogen) atoms. The van der Waals surface area contributed by atoms with Crippen molar-refractivity contribution in [2.45, 2.75) is 40.3 Å². The molecule has 1 aromatic rings. The van der Waals surface area contributed by atoms with E-state index in [1.807, 2.05) is 11.3 Å². The minimum absolute atomic E-state index is 0. The Balaban J connectivity index is 0.000000720.